The van der Waals surface area contributed by atoms with Crippen molar-refractivity contribution < 1.29 is 13.2 Å². The van der Waals surface area contributed by atoms with Gasteiger partial charge >= 0.3 is 0 Å². The van der Waals surface area contributed by atoms with Crippen LogP contribution in [0.1, 0.15) is 62.5 Å². The summed E-state index contributed by atoms with van der Waals surface area (Å²) in [5.74, 6) is -0.191. The van der Waals surface area contributed by atoms with Crippen molar-refractivity contribution in [3.05, 3.63) is 57.9 Å². The Kier molecular flexibility index (Phi) is 5.24. The Morgan fingerprint density at radius 2 is 1.78 bits per heavy atom. The normalized spacial score (nSPS) is 24.4. The van der Waals surface area contributed by atoms with Crippen molar-refractivity contribution in [2.75, 3.05) is 0 Å². The fourth-order valence-corrected chi connectivity index (χ4v) is 5.37. The van der Waals surface area contributed by atoms with Crippen molar-refractivity contribution in [2.24, 2.45) is 11.8 Å². The highest BCUT2D eigenvalue weighted by Crippen LogP contribution is 2.49. The van der Waals surface area contributed by atoms with Crippen LogP contribution in [0.3, 0.4) is 0 Å². The molecule has 0 radical (unpaired) electrons. The zero-order valence-corrected chi connectivity index (χ0v) is 16.3. The molecule has 27 heavy (non-hydrogen) atoms. The highest BCUT2D eigenvalue weighted by atomic mass is 35.5. The van der Waals surface area contributed by atoms with E-state index in [1.807, 2.05) is 6.07 Å². The van der Waals surface area contributed by atoms with E-state index < -0.39 is 16.7 Å². The summed E-state index contributed by atoms with van der Waals surface area (Å²) in [5, 5.41) is -0.552. The monoisotopic (exact) mass is 392 g/mol. The number of benzene rings is 2. The fraction of sp³-hybridized carbons (Fsp3) is 0.478. The molecule has 1 saturated carbocycles. The van der Waals surface area contributed by atoms with Gasteiger partial charge in [0.05, 0.1) is 0 Å². The van der Waals surface area contributed by atoms with Gasteiger partial charge in [-0.25, -0.2) is 13.2 Å². The van der Waals surface area contributed by atoms with E-state index in [1.165, 1.54) is 25.7 Å². The topological polar surface area (TPSA) is 0 Å². The molecule has 2 aliphatic carbocycles. The van der Waals surface area contributed by atoms with Crippen molar-refractivity contribution in [2.45, 2.75) is 57.8 Å². The minimum Gasteiger partial charge on any atom is -0.206 e. The van der Waals surface area contributed by atoms with Gasteiger partial charge in [-0.2, -0.15) is 0 Å². The van der Waals surface area contributed by atoms with Crippen LogP contribution in [0.4, 0.5) is 13.2 Å². The standard InChI is InChI=1S/C23H24ClF3/c1-2-3-13-4-6-16-14(10-13)5-7-19-18(16)9-8-17(23(19)27)15-11-20(25)22(24)21(26)12-15/h8-9,11-14,16H,2-7,10H2,1H3. The van der Waals surface area contributed by atoms with Gasteiger partial charge in [-0.3, -0.25) is 0 Å². The summed E-state index contributed by atoms with van der Waals surface area (Å²) in [7, 11) is 0. The Morgan fingerprint density at radius 3 is 2.48 bits per heavy atom. The average Bonchev–Trinajstić information content (AvgIpc) is 2.66. The lowest BCUT2D eigenvalue weighted by Crippen LogP contribution is -2.28. The molecule has 0 nitrogen and oxygen atoms in total. The van der Waals surface area contributed by atoms with E-state index in [1.54, 1.807) is 6.07 Å². The highest BCUT2D eigenvalue weighted by Gasteiger charge is 2.36. The fourth-order valence-electron chi connectivity index (χ4n) is 5.26. The predicted molar refractivity (Wildman–Crippen MR) is 104 cm³/mol. The van der Waals surface area contributed by atoms with E-state index in [4.69, 9.17) is 11.6 Å². The molecule has 0 bridgehead atoms. The predicted octanol–water partition coefficient (Wildman–Crippen LogP) is 7.67. The summed E-state index contributed by atoms with van der Waals surface area (Å²) in [5.41, 5.74) is 2.29. The van der Waals surface area contributed by atoms with Crippen molar-refractivity contribution >= 4 is 11.6 Å². The summed E-state index contributed by atoms with van der Waals surface area (Å²) in [6, 6.07) is 5.88. The molecule has 3 atom stereocenters. The average molecular weight is 393 g/mol. The smallest absolute Gasteiger partial charge is 0.145 e. The maximum atomic E-state index is 15.3. The second-order valence-corrected chi connectivity index (χ2v) is 8.50. The second-order valence-electron chi connectivity index (χ2n) is 8.12. The molecule has 4 heteroatoms. The summed E-state index contributed by atoms with van der Waals surface area (Å²) in [4.78, 5) is 0. The largest absolute Gasteiger partial charge is 0.206 e. The van der Waals surface area contributed by atoms with E-state index in [-0.39, 0.29) is 16.9 Å². The summed E-state index contributed by atoms with van der Waals surface area (Å²) < 4.78 is 42.9. The molecule has 4 rings (SSSR count). The minimum atomic E-state index is -0.863. The molecule has 2 aromatic carbocycles. The maximum Gasteiger partial charge on any atom is 0.145 e. The van der Waals surface area contributed by atoms with E-state index in [0.29, 0.717) is 18.3 Å². The second kappa shape index (κ2) is 7.50. The Morgan fingerprint density at radius 1 is 1.04 bits per heavy atom. The van der Waals surface area contributed by atoms with E-state index in [9.17, 15) is 8.78 Å². The summed E-state index contributed by atoms with van der Waals surface area (Å²) >= 11 is 5.56. The molecule has 0 heterocycles. The van der Waals surface area contributed by atoms with Crippen molar-refractivity contribution in [3.8, 4) is 11.1 Å². The van der Waals surface area contributed by atoms with Gasteiger partial charge < -0.3 is 0 Å². The third-order valence-corrected chi connectivity index (χ3v) is 6.89. The lowest BCUT2D eigenvalue weighted by molar-refractivity contribution is 0.200. The molecular formula is C23H24ClF3. The van der Waals surface area contributed by atoms with Gasteiger partial charge in [0, 0.05) is 5.56 Å². The molecule has 2 aromatic rings. The van der Waals surface area contributed by atoms with Crippen LogP contribution in [-0.4, -0.2) is 0 Å². The van der Waals surface area contributed by atoms with Crippen LogP contribution in [-0.2, 0) is 6.42 Å². The number of fused-ring (bicyclic) bond motifs is 3. The maximum absolute atomic E-state index is 15.3. The Balaban J connectivity index is 1.68. The molecule has 144 valence electrons. The third kappa shape index (κ3) is 3.40. The molecule has 0 aromatic heterocycles. The van der Waals surface area contributed by atoms with Crippen LogP contribution in [0, 0.1) is 29.3 Å². The molecular weight excluding hydrogens is 369 g/mol. The Hall–Kier alpha value is -1.48. The first-order valence-corrected chi connectivity index (χ1v) is 10.3. The molecule has 0 aliphatic heterocycles. The van der Waals surface area contributed by atoms with Crippen molar-refractivity contribution in [1.29, 1.82) is 0 Å². The van der Waals surface area contributed by atoms with Crippen LogP contribution in [0.5, 0.6) is 0 Å². The lowest BCUT2D eigenvalue weighted by Gasteiger charge is -2.41. The van der Waals surface area contributed by atoms with E-state index >= 15 is 4.39 Å². The highest BCUT2D eigenvalue weighted by molar-refractivity contribution is 6.31. The quantitative estimate of drug-likeness (QED) is 0.470. The van der Waals surface area contributed by atoms with E-state index in [2.05, 4.69) is 6.92 Å². The summed E-state index contributed by atoms with van der Waals surface area (Å²) in [6.45, 7) is 2.24. The molecule has 1 fully saturated rings. The molecule has 0 saturated heterocycles. The summed E-state index contributed by atoms with van der Waals surface area (Å²) in [6.07, 6.45) is 7.79. The van der Waals surface area contributed by atoms with Gasteiger partial charge in [-0.1, -0.05) is 43.5 Å². The SMILES string of the molecule is CCCC1CCC2c3ccc(-c4cc(F)c(Cl)c(F)c4)c(F)c3CCC2C1. The third-order valence-electron chi connectivity index (χ3n) is 6.53. The van der Waals surface area contributed by atoms with Gasteiger partial charge in [0.15, 0.2) is 0 Å². The van der Waals surface area contributed by atoms with E-state index in [0.717, 1.165) is 42.0 Å². The lowest BCUT2D eigenvalue weighted by atomic mass is 9.64. The zero-order valence-electron chi connectivity index (χ0n) is 15.5. The molecule has 3 unspecified atom stereocenters. The number of hydrogen-bond donors (Lipinski definition) is 0. The number of halogens is 4. The van der Waals surface area contributed by atoms with Gasteiger partial charge in [0.25, 0.3) is 0 Å². The van der Waals surface area contributed by atoms with Crippen LogP contribution in [0.15, 0.2) is 24.3 Å². The molecule has 0 amide bonds. The van der Waals surface area contributed by atoms with Crippen molar-refractivity contribution in [1.82, 2.24) is 0 Å². The van der Waals surface area contributed by atoms with Crippen molar-refractivity contribution in [3.63, 3.8) is 0 Å². The van der Waals surface area contributed by atoms with Gasteiger partial charge in [0.1, 0.15) is 22.5 Å². The van der Waals surface area contributed by atoms with Crippen LogP contribution >= 0.6 is 11.6 Å². The Labute approximate surface area is 163 Å². The van der Waals surface area contributed by atoms with Crippen LogP contribution in [0.25, 0.3) is 11.1 Å². The minimum absolute atomic E-state index is 0.198. The van der Waals surface area contributed by atoms with Gasteiger partial charge in [-0.05, 0) is 78.7 Å². The Bertz CT molecular complexity index is 838. The number of rotatable bonds is 3. The van der Waals surface area contributed by atoms with Gasteiger partial charge in [0.2, 0.25) is 0 Å². The first kappa shape index (κ1) is 18.9. The first-order valence-electron chi connectivity index (χ1n) is 9.95. The van der Waals surface area contributed by atoms with Crippen LogP contribution < -0.4 is 0 Å². The van der Waals surface area contributed by atoms with Gasteiger partial charge in [-0.15, -0.1) is 0 Å². The molecule has 0 N–H and O–H groups in total. The number of hydrogen-bond acceptors (Lipinski definition) is 0. The molecule has 0 spiro atoms. The zero-order chi connectivity index (χ0) is 19.1. The first-order chi connectivity index (χ1) is 13.0. The van der Waals surface area contributed by atoms with Crippen LogP contribution in [0.2, 0.25) is 5.02 Å². The molecule has 2 aliphatic rings.